The first-order valence-electron chi connectivity index (χ1n) is 5.79. The molecule has 0 aliphatic carbocycles. The largest absolute Gasteiger partial charge is 0.317 e. The zero-order valence-electron chi connectivity index (χ0n) is 10.6. The molecule has 0 radical (unpaired) electrons. The first-order valence-corrected chi connectivity index (χ1v) is 6.17. The van der Waals surface area contributed by atoms with Crippen LogP contribution in [-0.4, -0.2) is 38.6 Å². The van der Waals surface area contributed by atoms with E-state index in [-0.39, 0.29) is 11.9 Å². The average molecular weight is 259 g/mol. The van der Waals surface area contributed by atoms with Gasteiger partial charge in [-0.05, 0) is 52.7 Å². The molecule has 4 heteroatoms. The molecule has 1 aromatic carbocycles. The molecule has 0 aromatic heterocycles. The van der Waals surface area contributed by atoms with E-state index in [1.807, 2.05) is 21.1 Å². The van der Waals surface area contributed by atoms with Gasteiger partial charge >= 0.3 is 0 Å². The number of likely N-dealkylation sites (N-methyl/N-ethyl adjacent to an activating group) is 1. The van der Waals surface area contributed by atoms with Crippen molar-refractivity contribution in [2.75, 3.05) is 27.7 Å². The molecule has 0 fully saturated rings. The van der Waals surface area contributed by atoms with E-state index in [0.29, 0.717) is 17.0 Å². The second-order valence-electron chi connectivity index (χ2n) is 4.48. The van der Waals surface area contributed by atoms with Crippen LogP contribution in [0.25, 0.3) is 0 Å². The third-order valence-electron chi connectivity index (χ3n) is 2.85. The highest BCUT2D eigenvalue weighted by atomic mass is 35.5. The Labute approximate surface area is 108 Å². The maximum absolute atomic E-state index is 13.6. The van der Waals surface area contributed by atoms with E-state index in [1.54, 1.807) is 12.1 Å². The first kappa shape index (κ1) is 14.4. The first-order chi connectivity index (χ1) is 8.04. The third-order valence-corrected chi connectivity index (χ3v) is 3.20. The molecule has 0 aliphatic rings. The summed E-state index contributed by atoms with van der Waals surface area (Å²) in [6.07, 6.45) is 1.59. The monoisotopic (exact) mass is 258 g/mol. The molecule has 0 spiro atoms. The molecule has 1 unspecified atom stereocenters. The van der Waals surface area contributed by atoms with Crippen LogP contribution < -0.4 is 5.32 Å². The van der Waals surface area contributed by atoms with E-state index in [0.717, 1.165) is 13.0 Å². The van der Waals surface area contributed by atoms with Gasteiger partial charge in [-0.1, -0.05) is 17.7 Å². The average Bonchev–Trinajstić information content (AvgIpc) is 2.27. The molecule has 0 saturated heterocycles. The minimum absolute atomic E-state index is 0.220. The van der Waals surface area contributed by atoms with Crippen molar-refractivity contribution in [1.82, 2.24) is 10.2 Å². The van der Waals surface area contributed by atoms with Crippen molar-refractivity contribution in [3.05, 3.63) is 34.6 Å². The topological polar surface area (TPSA) is 15.3 Å². The fraction of sp³-hybridized carbons (Fsp3) is 0.538. The summed E-state index contributed by atoms with van der Waals surface area (Å²) >= 11 is 6.02. The van der Waals surface area contributed by atoms with Crippen LogP contribution in [0.5, 0.6) is 0 Å². The van der Waals surface area contributed by atoms with Crippen molar-refractivity contribution < 1.29 is 4.39 Å². The van der Waals surface area contributed by atoms with E-state index in [1.165, 1.54) is 6.07 Å². The van der Waals surface area contributed by atoms with Crippen LogP contribution in [0.3, 0.4) is 0 Å². The van der Waals surface area contributed by atoms with Gasteiger partial charge in [0, 0.05) is 16.6 Å². The van der Waals surface area contributed by atoms with Gasteiger partial charge in [0.25, 0.3) is 0 Å². The molecule has 0 aliphatic heterocycles. The highest BCUT2D eigenvalue weighted by molar-refractivity contribution is 6.31. The van der Waals surface area contributed by atoms with E-state index in [4.69, 9.17) is 11.6 Å². The molecule has 0 amide bonds. The molecule has 0 bridgehead atoms. The van der Waals surface area contributed by atoms with Gasteiger partial charge in [0.15, 0.2) is 0 Å². The van der Waals surface area contributed by atoms with Crippen molar-refractivity contribution in [2.45, 2.75) is 18.9 Å². The van der Waals surface area contributed by atoms with Crippen LogP contribution in [0, 0.1) is 5.82 Å². The Bertz CT molecular complexity index is 335. The van der Waals surface area contributed by atoms with Crippen molar-refractivity contribution in [3.63, 3.8) is 0 Å². The van der Waals surface area contributed by atoms with Crippen molar-refractivity contribution in [2.24, 2.45) is 0 Å². The molecular weight excluding hydrogens is 239 g/mol. The fourth-order valence-corrected chi connectivity index (χ4v) is 1.98. The quantitative estimate of drug-likeness (QED) is 0.844. The molecule has 1 atom stereocenters. The molecule has 17 heavy (non-hydrogen) atoms. The second-order valence-corrected chi connectivity index (χ2v) is 4.89. The van der Waals surface area contributed by atoms with E-state index < -0.39 is 0 Å². The van der Waals surface area contributed by atoms with Gasteiger partial charge in [0.2, 0.25) is 0 Å². The predicted octanol–water partition coefficient (Wildman–Crippen LogP) is 2.56. The molecule has 2 nitrogen and oxygen atoms in total. The summed E-state index contributed by atoms with van der Waals surface area (Å²) in [6, 6.07) is 5.07. The summed E-state index contributed by atoms with van der Waals surface area (Å²) in [5.41, 5.74) is 0.604. The lowest BCUT2D eigenvalue weighted by molar-refractivity contribution is 0.363. The van der Waals surface area contributed by atoms with Crippen LogP contribution in [-0.2, 0) is 6.42 Å². The van der Waals surface area contributed by atoms with Crippen LogP contribution >= 0.6 is 11.6 Å². The number of hydrogen-bond acceptors (Lipinski definition) is 2. The van der Waals surface area contributed by atoms with E-state index in [9.17, 15) is 4.39 Å². The maximum Gasteiger partial charge on any atom is 0.127 e. The van der Waals surface area contributed by atoms with Gasteiger partial charge in [0.05, 0.1) is 0 Å². The molecule has 1 rings (SSSR count). The van der Waals surface area contributed by atoms with Crippen LogP contribution in [0.1, 0.15) is 12.0 Å². The normalized spacial score (nSPS) is 13.1. The number of nitrogens with zero attached hydrogens (tertiary/aromatic N) is 1. The Morgan fingerprint density at radius 1 is 1.41 bits per heavy atom. The summed E-state index contributed by atoms with van der Waals surface area (Å²) in [4.78, 5) is 2.12. The lowest BCUT2D eigenvalue weighted by Crippen LogP contribution is -2.31. The summed E-state index contributed by atoms with van der Waals surface area (Å²) < 4.78 is 13.6. The van der Waals surface area contributed by atoms with Gasteiger partial charge in [-0.3, -0.25) is 0 Å². The van der Waals surface area contributed by atoms with E-state index >= 15 is 0 Å². The van der Waals surface area contributed by atoms with Crippen molar-refractivity contribution in [3.8, 4) is 0 Å². The lowest BCUT2D eigenvalue weighted by Gasteiger charge is -2.19. The van der Waals surface area contributed by atoms with Gasteiger partial charge in [0.1, 0.15) is 5.82 Å². The van der Waals surface area contributed by atoms with Gasteiger partial charge < -0.3 is 10.2 Å². The summed E-state index contributed by atoms with van der Waals surface area (Å²) in [6.45, 7) is 0.970. The van der Waals surface area contributed by atoms with Crippen molar-refractivity contribution in [1.29, 1.82) is 0 Å². The number of nitrogens with one attached hydrogen (secondary N) is 1. The lowest BCUT2D eigenvalue weighted by atomic mass is 10.0. The molecular formula is C13H20ClFN2. The Balaban J connectivity index is 2.67. The third kappa shape index (κ3) is 4.62. The standard InChI is InChI=1S/C13H20ClFN2/c1-16-10(7-8-17(2)3)9-11-12(14)5-4-6-13(11)15/h4-6,10,16H,7-9H2,1-3H3. The zero-order chi connectivity index (χ0) is 12.8. The number of rotatable bonds is 6. The van der Waals surface area contributed by atoms with Crippen LogP contribution in [0.4, 0.5) is 4.39 Å². The second kappa shape index (κ2) is 6.94. The Kier molecular flexibility index (Phi) is 5.89. The van der Waals surface area contributed by atoms with E-state index in [2.05, 4.69) is 10.2 Å². The highest BCUT2D eigenvalue weighted by Gasteiger charge is 2.13. The Hall–Kier alpha value is -0.640. The Morgan fingerprint density at radius 3 is 2.65 bits per heavy atom. The molecule has 0 heterocycles. The smallest absolute Gasteiger partial charge is 0.127 e. The molecule has 96 valence electrons. The van der Waals surface area contributed by atoms with Crippen molar-refractivity contribution >= 4 is 11.6 Å². The van der Waals surface area contributed by atoms with Gasteiger partial charge in [-0.25, -0.2) is 4.39 Å². The fourth-order valence-electron chi connectivity index (χ4n) is 1.74. The summed E-state index contributed by atoms with van der Waals surface area (Å²) in [5, 5.41) is 3.72. The Morgan fingerprint density at radius 2 is 2.12 bits per heavy atom. The number of benzene rings is 1. The number of halogens is 2. The summed E-state index contributed by atoms with van der Waals surface area (Å²) in [5.74, 6) is -0.220. The number of hydrogen-bond donors (Lipinski definition) is 1. The van der Waals surface area contributed by atoms with Crippen LogP contribution in [0.15, 0.2) is 18.2 Å². The summed E-state index contributed by atoms with van der Waals surface area (Å²) in [7, 11) is 5.96. The minimum atomic E-state index is -0.220. The molecule has 0 saturated carbocycles. The SMILES string of the molecule is CNC(CCN(C)C)Cc1c(F)cccc1Cl. The van der Waals surface area contributed by atoms with Gasteiger partial charge in [-0.2, -0.15) is 0 Å². The molecule has 1 aromatic rings. The van der Waals surface area contributed by atoms with Gasteiger partial charge in [-0.15, -0.1) is 0 Å². The predicted molar refractivity (Wildman–Crippen MR) is 71.1 cm³/mol. The highest BCUT2D eigenvalue weighted by Crippen LogP contribution is 2.21. The maximum atomic E-state index is 13.6. The zero-order valence-corrected chi connectivity index (χ0v) is 11.4. The molecule has 1 N–H and O–H groups in total. The minimum Gasteiger partial charge on any atom is -0.317 e. The van der Waals surface area contributed by atoms with Crippen LogP contribution in [0.2, 0.25) is 5.02 Å².